The maximum Gasteiger partial charge on any atom is 0.337 e. The minimum absolute atomic E-state index is 0.221. The van der Waals surface area contributed by atoms with Crippen molar-refractivity contribution in [1.29, 1.82) is 0 Å². The van der Waals surface area contributed by atoms with Crippen LogP contribution in [0.4, 0.5) is 0 Å². The number of aromatic nitrogens is 1. The molecule has 3 rings (SSSR count). The minimum atomic E-state index is -0.962. The third-order valence-electron chi connectivity index (χ3n) is 3.13. The van der Waals surface area contributed by atoms with Gasteiger partial charge in [0, 0.05) is 12.4 Å². The van der Waals surface area contributed by atoms with E-state index in [1.807, 2.05) is 42.5 Å². The molecule has 19 heavy (non-hydrogen) atoms. The molecule has 0 aliphatic rings. The fourth-order valence-electron chi connectivity index (χ4n) is 2.26. The number of hydrogen-bond acceptors (Lipinski definition) is 2. The van der Waals surface area contributed by atoms with E-state index in [2.05, 4.69) is 4.98 Å². The summed E-state index contributed by atoms with van der Waals surface area (Å²) in [5.74, 6) is -0.962. The molecule has 0 bridgehead atoms. The molecule has 0 amide bonds. The van der Waals surface area contributed by atoms with E-state index in [0.29, 0.717) is 5.56 Å². The van der Waals surface area contributed by atoms with Gasteiger partial charge in [0.2, 0.25) is 0 Å². The lowest BCUT2D eigenvalue weighted by atomic mass is 9.96. The van der Waals surface area contributed by atoms with Crippen LogP contribution in [0.2, 0.25) is 0 Å². The van der Waals surface area contributed by atoms with Crippen LogP contribution in [-0.4, -0.2) is 16.1 Å². The van der Waals surface area contributed by atoms with Crippen molar-refractivity contribution in [1.82, 2.24) is 4.98 Å². The van der Waals surface area contributed by atoms with E-state index in [4.69, 9.17) is 0 Å². The molecule has 3 heteroatoms. The lowest BCUT2D eigenvalue weighted by molar-refractivity contribution is 0.0697. The summed E-state index contributed by atoms with van der Waals surface area (Å²) in [7, 11) is 0. The molecule has 0 saturated heterocycles. The maximum absolute atomic E-state index is 11.3. The first kappa shape index (κ1) is 11.4. The second-order valence-electron chi connectivity index (χ2n) is 4.25. The van der Waals surface area contributed by atoms with Gasteiger partial charge in [-0.05, 0) is 28.0 Å². The van der Waals surface area contributed by atoms with Crippen LogP contribution in [-0.2, 0) is 0 Å². The summed E-state index contributed by atoms with van der Waals surface area (Å²) in [5.41, 5.74) is 1.83. The Morgan fingerprint density at radius 1 is 0.947 bits per heavy atom. The first-order valence-corrected chi connectivity index (χ1v) is 5.93. The third kappa shape index (κ3) is 1.95. The summed E-state index contributed by atoms with van der Waals surface area (Å²) in [6, 6.07) is 15.6. The smallest absolute Gasteiger partial charge is 0.337 e. The number of aromatic carboxylic acids is 1. The zero-order valence-electron chi connectivity index (χ0n) is 10.1. The zero-order valence-corrected chi connectivity index (χ0v) is 10.1. The van der Waals surface area contributed by atoms with Crippen molar-refractivity contribution in [2.75, 3.05) is 0 Å². The number of pyridine rings is 1. The molecule has 1 N–H and O–H groups in total. The van der Waals surface area contributed by atoms with Gasteiger partial charge in [-0.25, -0.2) is 4.79 Å². The van der Waals surface area contributed by atoms with Gasteiger partial charge in [-0.1, -0.05) is 42.5 Å². The third-order valence-corrected chi connectivity index (χ3v) is 3.13. The number of carboxylic acids is 1. The monoisotopic (exact) mass is 249 g/mol. The Labute approximate surface area is 110 Å². The molecular weight excluding hydrogens is 238 g/mol. The Morgan fingerprint density at radius 3 is 2.58 bits per heavy atom. The molecule has 0 saturated carbocycles. The molecule has 0 aliphatic heterocycles. The van der Waals surface area contributed by atoms with Crippen molar-refractivity contribution in [3.05, 3.63) is 66.5 Å². The van der Waals surface area contributed by atoms with Gasteiger partial charge in [-0.15, -0.1) is 0 Å². The van der Waals surface area contributed by atoms with Gasteiger partial charge in [-0.3, -0.25) is 4.98 Å². The summed E-state index contributed by atoms with van der Waals surface area (Å²) >= 11 is 0. The second-order valence-corrected chi connectivity index (χ2v) is 4.25. The normalized spacial score (nSPS) is 10.5. The van der Waals surface area contributed by atoms with Gasteiger partial charge in [0.1, 0.15) is 0 Å². The fraction of sp³-hybridized carbons (Fsp3) is 0. The van der Waals surface area contributed by atoms with Crippen molar-refractivity contribution in [3.63, 3.8) is 0 Å². The summed E-state index contributed by atoms with van der Waals surface area (Å²) in [5, 5.41) is 11.4. The van der Waals surface area contributed by atoms with Crippen molar-refractivity contribution in [3.8, 4) is 11.1 Å². The highest BCUT2D eigenvalue weighted by molar-refractivity contribution is 6.03. The molecule has 0 fully saturated rings. The van der Waals surface area contributed by atoms with E-state index in [0.717, 1.165) is 16.3 Å². The lowest BCUT2D eigenvalue weighted by Crippen LogP contribution is -2.00. The standard InChI is InChI=1S/C16H11NO2/c18-16(19)15-10-17-9-8-14(15)13-7-3-5-11-4-1-2-6-12(11)13/h1-10H,(H,18,19). The first-order chi connectivity index (χ1) is 9.27. The Morgan fingerprint density at radius 2 is 1.74 bits per heavy atom. The molecule has 3 nitrogen and oxygen atoms in total. The second kappa shape index (κ2) is 4.53. The summed E-state index contributed by atoms with van der Waals surface area (Å²) < 4.78 is 0. The van der Waals surface area contributed by atoms with Crippen LogP contribution in [0.3, 0.4) is 0 Å². The highest BCUT2D eigenvalue weighted by Crippen LogP contribution is 2.30. The number of hydrogen-bond donors (Lipinski definition) is 1. The van der Waals surface area contributed by atoms with Gasteiger partial charge in [0.25, 0.3) is 0 Å². The van der Waals surface area contributed by atoms with Crippen LogP contribution >= 0.6 is 0 Å². The lowest BCUT2D eigenvalue weighted by Gasteiger charge is -2.09. The van der Waals surface area contributed by atoms with Crippen molar-refractivity contribution < 1.29 is 9.90 Å². The Kier molecular flexibility index (Phi) is 2.72. The molecule has 1 aromatic heterocycles. The van der Waals surface area contributed by atoms with Crippen LogP contribution in [0.25, 0.3) is 21.9 Å². The quantitative estimate of drug-likeness (QED) is 0.754. The number of benzene rings is 2. The molecular formula is C16H11NO2. The molecule has 1 heterocycles. The molecule has 2 aromatic carbocycles. The van der Waals surface area contributed by atoms with Crippen LogP contribution in [0.1, 0.15) is 10.4 Å². The molecule has 0 spiro atoms. The van der Waals surface area contributed by atoms with E-state index in [-0.39, 0.29) is 5.56 Å². The van der Waals surface area contributed by atoms with Crippen LogP contribution in [0, 0.1) is 0 Å². The Hall–Kier alpha value is -2.68. The van der Waals surface area contributed by atoms with E-state index in [1.165, 1.54) is 6.20 Å². The molecule has 0 radical (unpaired) electrons. The summed E-state index contributed by atoms with van der Waals surface area (Å²) in [6.07, 6.45) is 3.00. The van der Waals surface area contributed by atoms with Gasteiger partial charge in [0.05, 0.1) is 5.56 Å². The van der Waals surface area contributed by atoms with Crippen LogP contribution < -0.4 is 0 Å². The number of fused-ring (bicyclic) bond motifs is 1. The van der Waals surface area contributed by atoms with Gasteiger partial charge >= 0.3 is 5.97 Å². The van der Waals surface area contributed by atoms with Gasteiger partial charge < -0.3 is 5.11 Å². The van der Waals surface area contributed by atoms with E-state index < -0.39 is 5.97 Å². The highest BCUT2D eigenvalue weighted by atomic mass is 16.4. The summed E-state index contributed by atoms with van der Waals surface area (Å²) in [4.78, 5) is 15.2. The SMILES string of the molecule is O=C(O)c1cnccc1-c1cccc2ccccc12. The summed E-state index contributed by atoms with van der Waals surface area (Å²) in [6.45, 7) is 0. The van der Waals surface area contributed by atoms with Crippen molar-refractivity contribution >= 4 is 16.7 Å². The topological polar surface area (TPSA) is 50.2 Å². The molecule has 0 unspecified atom stereocenters. The van der Waals surface area contributed by atoms with E-state index in [1.54, 1.807) is 12.3 Å². The number of nitrogens with zero attached hydrogens (tertiary/aromatic N) is 1. The molecule has 92 valence electrons. The van der Waals surface area contributed by atoms with Crippen LogP contribution in [0.5, 0.6) is 0 Å². The van der Waals surface area contributed by atoms with Crippen LogP contribution in [0.15, 0.2) is 60.9 Å². The average molecular weight is 249 g/mol. The fourth-order valence-corrected chi connectivity index (χ4v) is 2.26. The average Bonchev–Trinajstić information content (AvgIpc) is 2.46. The van der Waals surface area contributed by atoms with E-state index >= 15 is 0 Å². The molecule has 0 aliphatic carbocycles. The molecule has 0 atom stereocenters. The number of carbonyl (C=O) groups is 1. The Balaban J connectivity index is 2.34. The zero-order chi connectivity index (χ0) is 13.2. The van der Waals surface area contributed by atoms with Crippen molar-refractivity contribution in [2.45, 2.75) is 0 Å². The van der Waals surface area contributed by atoms with Gasteiger partial charge in [0.15, 0.2) is 0 Å². The van der Waals surface area contributed by atoms with Crippen molar-refractivity contribution in [2.24, 2.45) is 0 Å². The minimum Gasteiger partial charge on any atom is -0.478 e. The predicted molar refractivity (Wildman–Crippen MR) is 74.1 cm³/mol. The van der Waals surface area contributed by atoms with E-state index in [9.17, 15) is 9.90 Å². The molecule has 3 aromatic rings. The predicted octanol–water partition coefficient (Wildman–Crippen LogP) is 3.60. The highest BCUT2D eigenvalue weighted by Gasteiger charge is 2.13. The maximum atomic E-state index is 11.3. The largest absolute Gasteiger partial charge is 0.478 e. The Bertz CT molecular complexity index is 760. The van der Waals surface area contributed by atoms with Gasteiger partial charge in [-0.2, -0.15) is 0 Å². The number of carboxylic acid groups (broad SMARTS) is 1. The number of rotatable bonds is 2. The first-order valence-electron chi connectivity index (χ1n) is 5.93.